The van der Waals surface area contributed by atoms with Gasteiger partial charge in [-0.05, 0) is 12.7 Å². The Balaban J connectivity index is -0.000000174. The maximum Gasteiger partial charge on any atom is 0.313 e. The Labute approximate surface area is 105 Å². The molecule has 0 aliphatic heterocycles. The lowest BCUT2D eigenvalue weighted by molar-refractivity contribution is -0.137. The molecule has 0 aromatic carbocycles. The zero-order valence-corrected chi connectivity index (χ0v) is 11.1. The first kappa shape index (κ1) is 21.1. The van der Waals surface area contributed by atoms with Crippen molar-refractivity contribution in [3.05, 3.63) is 0 Å². The minimum Gasteiger partial charge on any atom is -0.481 e. The van der Waals surface area contributed by atoms with Gasteiger partial charge in [0.2, 0.25) is 0 Å². The fourth-order valence-electron chi connectivity index (χ4n) is 0.337. The highest BCUT2D eigenvalue weighted by Crippen LogP contribution is 1.87. The van der Waals surface area contributed by atoms with Crippen molar-refractivity contribution in [3.8, 4) is 0 Å². The lowest BCUT2D eigenvalue weighted by atomic mass is 10.4. The van der Waals surface area contributed by atoms with Crippen LogP contribution in [0, 0.1) is 0 Å². The number of rotatable bonds is 5. The van der Waals surface area contributed by atoms with E-state index in [1.807, 2.05) is 6.92 Å². The summed E-state index contributed by atoms with van der Waals surface area (Å²) in [5.74, 6) is -2.00. The molecule has 0 saturated carbocycles. The highest BCUT2D eigenvalue weighted by molar-refractivity contribution is 7.99. The molecule has 0 saturated heterocycles. The molecule has 0 heterocycles. The van der Waals surface area contributed by atoms with Crippen LogP contribution in [0.2, 0.25) is 0 Å². The van der Waals surface area contributed by atoms with Crippen molar-refractivity contribution < 1.29 is 29.7 Å². The molecule has 0 aromatic heterocycles. The van der Waals surface area contributed by atoms with Gasteiger partial charge in [0, 0.05) is 12.8 Å². The van der Waals surface area contributed by atoms with Gasteiger partial charge in [-0.3, -0.25) is 14.4 Å². The predicted octanol–water partition coefficient (Wildman–Crippen LogP) is 1.79. The number of thioether (sulfide) groups is 1. The molecule has 102 valence electrons. The Morgan fingerprint density at radius 3 is 1.35 bits per heavy atom. The lowest BCUT2D eigenvalue weighted by Crippen LogP contribution is -1.95. The van der Waals surface area contributed by atoms with Gasteiger partial charge in [0.15, 0.2) is 0 Å². The molecule has 7 heteroatoms. The molecule has 0 bridgehead atoms. The Bertz CT molecular complexity index is 201. The second-order valence-electron chi connectivity index (χ2n) is 2.72. The SMILES string of the molecule is CCC(=O)O.CCCC(=O)O.CSCC(=O)O. The van der Waals surface area contributed by atoms with Crippen LogP contribution in [0.25, 0.3) is 0 Å². The number of carboxylic acid groups (broad SMARTS) is 3. The Hall–Kier alpha value is -1.24. The van der Waals surface area contributed by atoms with Crippen LogP contribution in [-0.2, 0) is 14.4 Å². The lowest BCUT2D eigenvalue weighted by Gasteiger charge is -1.80. The summed E-state index contributed by atoms with van der Waals surface area (Å²) in [6.45, 7) is 3.44. The van der Waals surface area contributed by atoms with E-state index in [1.165, 1.54) is 11.8 Å². The molecule has 0 atom stereocenters. The van der Waals surface area contributed by atoms with E-state index in [1.54, 1.807) is 13.2 Å². The van der Waals surface area contributed by atoms with Crippen molar-refractivity contribution in [2.45, 2.75) is 33.1 Å². The Morgan fingerprint density at radius 2 is 1.35 bits per heavy atom. The highest BCUT2D eigenvalue weighted by Gasteiger charge is 1.88. The third-order valence-electron chi connectivity index (χ3n) is 1.03. The van der Waals surface area contributed by atoms with Crippen LogP contribution in [0.3, 0.4) is 0 Å². The van der Waals surface area contributed by atoms with Crippen LogP contribution in [0.5, 0.6) is 0 Å². The van der Waals surface area contributed by atoms with E-state index < -0.39 is 17.9 Å². The molecule has 0 aromatic rings. The third-order valence-corrected chi connectivity index (χ3v) is 1.57. The molecule has 0 radical (unpaired) electrons. The summed E-state index contributed by atoms with van der Waals surface area (Å²) in [6, 6.07) is 0. The summed E-state index contributed by atoms with van der Waals surface area (Å²) in [6.07, 6.45) is 3.00. The summed E-state index contributed by atoms with van der Waals surface area (Å²) in [7, 11) is 0. The second kappa shape index (κ2) is 17.2. The van der Waals surface area contributed by atoms with Crippen LogP contribution in [0.1, 0.15) is 33.1 Å². The molecule has 0 rings (SSSR count). The normalized spacial score (nSPS) is 7.94. The predicted molar refractivity (Wildman–Crippen MR) is 66.5 cm³/mol. The van der Waals surface area contributed by atoms with Crippen LogP contribution in [0.15, 0.2) is 0 Å². The number of hydrogen-bond donors (Lipinski definition) is 3. The van der Waals surface area contributed by atoms with Gasteiger partial charge in [-0.15, -0.1) is 0 Å². The van der Waals surface area contributed by atoms with E-state index in [-0.39, 0.29) is 12.2 Å². The standard InChI is InChI=1S/C4H8O2.C3H6O2S.C3H6O2/c1-2-3-4(5)6;1-6-2-3(4)5;1-2-3(4)5/h2-3H2,1H3,(H,5,6);2H2,1H3,(H,4,5);2H2,1H3,(H,4,5). The highest BCUT2D eigenvalue weighted by atomic mass is 32.2. The maximum absolute atomic E-state index is 9.60. The van der Waals surface area contributed by atoms with Crippen molar-refractivity contribution >= 4 is 29.7 Å². The van der Waals surface area contributed by atoms with Gasteiger partial charge in [-0.25, -0.2) is 0 Å². The number of hydrogen-bond acceptors (Lipinski definition) is 4. The quantitative estimate of drug-likeness (QED) is 0.696. The van der Waals surface area contributed by atoms with Crippen LogP contribution in [0.4, 0.5) is 0 Å². The molecule has 17 heavy (non-hydrogen) atoms. The van der Waals surface area contributed by atoms with Crippen molar-refractivity contribution in [1.82, 2.24) is 0 Å². The van der Waals surface area contributed by atoms with Gasteiger partial charge in [0.1, 0.15) is 0 Å². The van der Waals surface area contributed by atoms with Crippen LogP contribution < -0.4 is 0 Å². The number of carboxylic acids is 3. The third kappa shape index (κ3) is 52.6. The summed E-state index contributed by atoms with van der Waals surface area (Å²) < 4.78 is 0. The molecule has 0 amide bonds. The summed E-state index contributed by atoms with van der Waals surface area (Å²) in [4.78, 5) is 28.5. The number of aliphatic carboxylic acids is 3. The molecule has 0 aliphatic carbocycles. The topological polar surface area (TPSA) is 112 Å². The first-order valence-corrected chi connectivity index (χ1v) is 6.35. The van der Waals surface area contributed by atoms with Crippen LogP contribution >= 0.6 is 11.8 Å². The van der Waals surface area contributed by atoms with Gasteiger partial charge in [-0.1, -0.05) is 13.8 Å². The van der Waals surface area contributed by atoms with Crippen molar-refractivity contribution in [1.29, 1.82) is 0 Å². The van der Waals surface area contributed by atoms with E-state index in [2.05, 4.69) is 0 Å². The van der Waals surface area contributed by atoms with Crippen molar-refractivity contribution in [2.75, 3.05) is 12.0 Å². The first-order chi connectivity index (χ1) is 7.81. The van der Waals surface area contributed by atoms with E-state index in [0.29, 0.717) is 6.42 Å². The zero-order chi connectivity index (χ0) is 14.3. The van der Waals surface area contributed by atoms with Crippen LogP contribution in [-0.4, -0.2) is 45.2 Å². The molecule has 0 spiro atoms. The smallest absolute Gasteiger partial charge is 0.313 e. The van der Waals surface area contributed by atoms with E-state index in [4.69, 9.17) is 15.3 Å². The van der Waals surface area contributed by atoms with Gasteiger partial charge in [-0.2, -0.15) is 11.8 Å². The molecule has 0 fully saturated rings. The van der Waals surface area contributed by atoms with Gasteiger partial charge >= 0.3 is 17.9 Å². The van der Waals surface area contributed by atoms with Crippen molar-refractivity contribution in [3.63, 3.8) is 0 Å². The maximum atomic E-state index is 9.60. The molecular weight excluding hydrogens is 248 g/mol. The molecular formula is C10H20O6S. The average molecular weight is 268 g/mol. The zero-order valence-electron chi connectivity index (χ0n) is 10.3. The van der Waals surface area contributed by atoms with Gasteiger partial charge in [0.05, 0.1) is 5.75 Å². The number of carbonyl (C=O) groups is 3. The van der Waals surface area contributed by atoms with Gasteiger partial charge in [0.25, 0.3) is 0 Å². The first-order valence-electron chi connectivity index (χ1n) is 4.95. The molecule has 0 unspecified atom stereocenters. The second-order valence-corrected chi connectivity index (χ2v) is 3.58. The van der Waals surface area contributed by atoms with E-state index in [9.17, 15) is 14.4 Å². The Kier molecular flexibility index (Phi) is 21.3. The fourth-order valence-corrected chi connectivity index (χ4v) is 0.584. The molecule has 0 aliphatic rings. The van der Waals surface area contributed by atoms with E-state index in [0.717, 1.165) is 6.42 Å². The molecule has 6 nitrogen and oxygen atoms in total. The van der Waals surface area contributed by atoms with Gasteiger partial charge < -0.3 is 15.3 Å². The summed E-state index contributed by atoms with van der Waals surface area (Å²) >= 11 is 1.31. The largest absolute Gasteiger partial charge is 0.481 e. The Morgan fingerprint density at radius 1 is 0.941 bits per heavy atom. The monoisotopic (exact) mass is 268 g/mol. The summed E-state index contributed by atoms with van der Waals surface area (Å²) in [5, 5.41) is 23.5. The minimum absolute atomic E-state index is 0.208. The fraction of sp³-hybridized carbons (Fsp3) is 0.700. The molecule has 3 N–H and O–H groups in total. The average Bonchev–Trinajstić information content (AvgIpc) is 2.19. The minimum atomic E-state index is -0.748. The van der Waals surface area contributed by atoms with Crippen molar-refractivity contribution in [2.24, 2.45) is 0 Å². The summed E-state index contributed by atoms with van der Waals surface area (Å²) in [5.41, 5.74) is 0. The van der Waals surface area contributed by atoms with E-state index >= 15 is 0 Å².